The molecule has 14 heavy (non-hydrogen) atoms. The predicted octanol–water partition coefficient (Wildman–Crippen LogP) is 3.19. The summed E-state index contributed by atoms with van der Waals surface area (Å²) in [6, 6.07) is 1.95. The van der Waals surface area contributed by atoms with Crippen molar-refractivity contribution >= 4 is 5.78 Å². The van der Waals surface area contributed by atoms with Gasteiger partial charge in [-0.25, -0.2) is 0 Å². The first kappa shape index (κ1) is 10.9. The van der Waals surface area contributed by atoms with E-state index in [9.17, 15) is 4.79 Å². The maximum atomic E-state index is 11.6. The molecule has 0 saturated carbocycles. The minimum atomic E-state index is 0.197. The summed E-state index contributed by atoms with van der Waals surface area (Å²) >= 11 is 0. The minimum absolute atomic E-state index is 0.197. The number of pyridine rings is 1. The van der Waals surface area contributed by atoms with Crippen LogP contribution in [0.1, 0.15) is 55.5 Å². The Morgan fingerprint density at radius 3 is 2.71 bits per heavy atom. The second kappa shape index (κ2) is 4.89. The van der Waals surface area contributed by atoms with Gasteiger partial charge in [0.1, 0.15) is 0 Å². The number of aromatic nitrogens is 1. The number of Topliss-reactive ketones (excluding diaryl/α,β-unsaturated/α-hetero) is 1. The molecule has 0 aliphatic rings. The zero-order valence-corrected chi connectivity index (χ0v) is 9.08. The molecule has 0 aromatic carbocycles. The van der Waals surface area contributed by atoms with Crippen molar-refractivity contribution in [3.8, 4) is 0 Å². The Kier molecular flexibility index (Phi) is 3.81. The highest BCUT2D eigenvalue weighted by atomic mass is 16.1. The molecule has 0 bridgehead atoms. The molecule has 1 rings (SSSR count). The van der Waals surface area contributed by atoms with Crippen molar-refractivity contribution < 1.29 is 4.79 Å². The molecular weight excluding hydrogens is 174 g/mol. The standard InChI is InChI=1S/C12H17NO/c1-4-5-12(14)11-6-10(9(2)3)7-13-8-11/h6-9H,4-5H2,1-3H3. The SMILES string of the molecule is CCCC(=O)c1cncc(C(C)C)c1. The monoisotopic (exact) mass is 191 g/mol. The van der Waals surface area contributed by atoms with Crippen molar-refractivity contribution in [2.24, 2.45) is 0 Å². The van der Waals surface area contributed by atoms with Gasteiger partial charge in [0.05, 0.1) is 0 Å². The van der Waals surface area contributed by atoms with E-state index in [-0.39, 0.29) is 5.78 Å². The van der Waals surface area contributed by atoms with E-state index in [0.717, 1.165) is 17.5 Å². The average Bonchev–Trinajstić information content (AvgIpc) is 2.18. The molecule has 0 unspecified atom stereocenters. The third-order valence-electron chi connectivity index (χ3n) is 2.23. The molecule has 2 nitrogen and oxygen atoms in total. The normalized spacial score (nSPS) is 10.6. The molecule has 0 N–H and O–H groups in total. The van der Waals surface area contributed by atoms with Crippen LogP contribution < -0.4 is 0 Å². The van der Waals surface area contributed by atoms with Gasteiger partial charge in [0.15, 0.2) is 5.78 Å². The molecule has 0 atom stereocenters. The van der Waals surface area contributed by atoms with Crippen LogP contribution in [-0.2, 0) is 0 Å². The van der Waals surface area contributed by atoms with Crippen LogP contribution in [0.25, 0.3) is 0 Å². The number of nitrogens with zero attached hydrogens (tertiary/aromatic N) is 1. The van der Waals surface area contributed by atoms with Crippen molar-refractivity contribution in [3.05, 3.63) is 29.6 Å². The summed E-state index contributed by atoms with van der Waals surface area (Å²) in [6.07, 6.45) is 4.99. The number of hydrogen-bond acceptors (Lipinski definition) is 2. The molecule has 0 radical (unpaired) electrons. The van der Waals surface area contributed by atoms with Crippen molar-refractivity contribution in [1.29, 1.82) is 0 Å². The summed E-state index contributed by atoms with van der Waals surface area (Å²) in [5.74, 6) is 0.624. The van der Waals surface area contributed by atoms with Gasteiger partial charge in [0.2, 0.25) is 0 Å². The fourth-order valence-corrected chi connectivity index (χ4v) is 1.30. The smallest absolute Gasteiger partial charge is 0.164 e. The zero-order valence-electron chi connectivity index (χ0n) is 9.08. The zero-order chi connectivity index (χ0) is 10.6. The van der Waals surface area contributed by atoms with Crippen LogP contribution in [0.3, 0.4) is 0 Å². The van der Waals surface area contributed by atoms with Crippen molar-refractivity contribution in [1.82, 2.24) is 4.98 Å². The highest BCUT2D eigenvalue weighted by molar-refractivity contribution is 5.95. The molecule has 0 amide bonds. The van der Waals surface area contributed by atoms with Crippen LogP contribution >= 0.6 is 0 Å². The van der Waals surface area contributed by atoms with E-state index >= 15 is 0 Å². The first-order chi connectivity index (χ1) is 6.65. The lowest BCUT2D eigenvalue weighted by atomic mass is 10.0. The second-order valence-electron chi connectivity index (χ2n) is 3.83. The largest absolute Gasteiger partial charge is 0.294 e. The molecule has 0 aliphatic heterocycles. The molecule has 1 aromatic rings. The van der Waals surface area contributed by atoms with Crippen molar-refractivity contribution in [3.63, 3.8) is 0 Å². The van der Waals surface area contributed by atoms with E-state index in [2.05, 4.69) is 18.8 Å². The van der Waals surface area contributed by atoms with Gasteiger partial charge in [0.25, 0.3) is 0 Å². The van der Waals surface area contributed by atoms with Gasteiger partial charge < -0.3 is 0 Å². The number of carbonyl (C=O) groups is 1. The lowest BCUT2D eigenvalue weighted by molar-refractivity contribution is 0.0981. The van der Waals surface area contributed by atoms with Crippen LogP contribution in [0.15, 0.2) is 18.5 Å². The fraction of sp³-hybridized carbons (Fsp3) is 0.500. The highest BCUT2D eigenvalue weighted by Crippen LogP contribution is 2.15. The predicted molar refractivity (Wildman–Crippen MR) is 57.6 cm³/mol. The maximum Gasteiger partial charge on any atom is 0.164 e. The maximum absolute atomic E-state index is 11.6. The lowest BCUT2D eigenvalue weighted by Crippen LogP contribution is -2.01. The van der Waals surface area contributed by atoms with Crippen molar-refractivity contribution in [2.75, 3.05) is 0 Å². The van der Waals surface area contributed by atoms with E-state index < -0.39 is 0 Å². The van der Waals surface area contributed by atoms with Crippen LogP contribution in [-0.4, -0.2) is 10.8 Å². The molecule has 1 heterocycles. The van der Waals surface area contributed by atoms with E-state index in [4.69, 9.17) is 0 Å². The van der Waals surface area contributed by atoms with Gasteiger partial charge in [-0.1, -0.05) is 20.8 Å². The summed E-state index contributed by atoms with van der Waals surface area (Å²) in [7, 11) is 0. The van der Waals surface area contributed by atoms with E-state index in [1.165, 1.54) is 0 Å². The van der Waals surface area contributed by atoms with E-state index in [0.29, 0.717) is 12.3 Å². The van der Waals surface area contributed by atoms with Gasteiger partial charge in [-0.15, -0.1) is 0 Å². The Hall–Kier alpha value is -1.18. The molecule has 0 fully saturated rings. The van der Waals surface area contributed by atoms with Gasteiger partial charge in [-0.3, -0.25) is 9.78 Å². The third kappa shape index (κ3) is 2.66. The first-order valence-electron chi connectivity index (χ1n) is 5.13. The molecule has 0 aliphatic carbocycles. The number of ketones is 1. The lowest BCUT2D eigenvalue weighted by Gasteiger charge is -2.06. The third-order valence-corrected chi connectivity index (χ3v) is 2.23. The van der Waals surface area contributed by atoms with Crippen LogP contribution in [0.5, 0.6) is 0 Å². The number of carbonyl (C=O) groups excluding carboxylic acids is 1. The average molecular weight is 191 g/mol. The first-order valence-corrected chi connectivity index (χ1v) is 5.13. The summed E-state index contributed by atoms with van der Waals surface area (Å²) < 4.78 is 0. The van der Waals surface area contributed by atoms with Gasteiger partial charge in [0, 0.05) is 24.4 Å². The van der Waals surface area contributed by atoms with Gasteiger partial charge in [-0.2, -0.15) is 0 Å². The van der Waals surface area contributed by atoms with Crippen LogP contribution in [0.4, 0.5) is 0 Å². The Balaban J connectivity index is 2.88. The quantitative estimate of drug-likeness (QED) is 0.684. The van der Waals surface area contributed by atoms with Gasteiger partial charge in [-0.05, 0) is 24.0 Å². The summed E-state index contributed by atoms with van der Waals surface area (Å²) in [6.45, 7) is 6.22. The van der Waals surface area contributed by atoms with Crippen LogP contribution in [0.2, 0.25) is 0 Å². The molecule has 0 saturated heterocycles. The number of hydrogen-bond donors (Lipinski definition) is 0. The van der Waals surface area contributed by atoms with E-state index in [1.807, 2.05) is 19.2 Å². The fourth-order valence-electron chi connectivity index (χ4n) is 1.30. The topological polar surface area (TPSA) is 30.0 Å². The second-order valence-corrected chi connectivity index (χ2v) is 3.83. The molecule has 76 valence electrons. The molecule has 0 spiro atoms. The summed E-state index contributed by atoms with van der Waals surface area (Å²) in [5, 5.41) is 0. The van der Waals surface area contributed by atoms with Gasteiger partial charge >= 0.3 is 0 Å². The van der Waals surface area contributed by atoms with E-state index in [1.54, 1.807) is 6.20 Å². The van der Waals surface area contributed by atoms with Crippen LogP contribution in [0, 0.1) is 0 Å². The van der Waals surface area contributed by atoms with Crippen molar-refractivity contribution in [2.45, 2.75) is 39.5 Å². The summed E-state index contributed by atoms with van der Waals surface area (Å²) in [4.78, 5) is 15.7. The molecular formula is C12H17NO. The molecule has 2 heteroatoms. The highest BCUT2D eigenvalue weighted by Gasteiger charge is 2.07. The Morgan fingerprint density at radius 1 is 1.43 bits per heavy atom. The Bertz CT molecular complexity index is 318. The summed E-state index contributed by atoms with van der Waals surface area (Å²) in [5.41, 5.74) is 1.88. The number of rotatable bonds is 4. The Labute approximate surface area is 85.4 Å². The minimum Gasteiger partial charge on any atom is -0.294 e. The Morgan fingerprint density at radius 2 is 2.14 bits per heavy atom. The molecule has 1 aromatic heterocycles.